The van der Waals surface area contributed by atoms with Gasteiger partial charge in [-0.25, -0.2) is 0 Å². The van der Waals surface area contributed by atoms with Crippen molar-refractivity contribution in [1.29, 1.82) is 0 Å². The molecule has 270 valence electrons. The summed E-state index contributed by atoms with van der Waals surface area (Å²) in [7, 11) is 0. The molecule has 2 heteroatoms. The first-order valence-corrected chi connectivity index (χ1v) is 20.8. The molecule has 1 atom stereocenters. The number of carbonyl (C=O) groups excluding carboxylic acids is 1. The molecule has 0 spiro atoms. The molecule has 0 amide bonds. The highest BCUT2D eigenvalue weighted by atomic mass is 16.5. The zero-order valence-corrected chi connectivity index (χ0v) is 31.7. The number of unbranched alkanes of at least 4 members (excludes halogenated alkanes) is 24. The first kappa shape index (κ1) is 44.7. The SMILES string of the molecule is CC/C=C\C/C=C\C/C=C\CCCCCCCC(=O)OCCCCCCCCCCCCCCCCCCCCCCC(C)CC. The van der Waals surface area contributed by atoms with E-state index in [-0.39, 0.29) is 5.97 Å². The Hall–Kier alpha value is -1.31. The first-order chi connectivity index (χ1) is 22.7. The lowest BCUT2D eigenvalue weighted by Gasteiger charge is -2.07. The fourth-order valence-corrected chi connectivity index (χ4v) is 6.13. The maximum absolute atomic E-state index is 12.0. The highest BCUT2D eigenvalue weighted by molar-refractivity contribution is 5.69. The molecule has 46 heavy (non-hydrogen) atoms. The quantitative estimate of drug-likeness (QED) is 0.0383. The number of ether oxygens (including phenoxy) is 1. The van der Waals surface area contributed by atoms with Gasteiger partial charge in [-0.15, -0.1) is 0 Å². The Morgan fingerprint density at radius 3 is 1.35 bits per heavy atom. The summed E-state index contributed by atoms with van der Waals surface area (Å²) < 4.78 is 5.45. The Kier molecular flexibility index (Phi) is 38.7. The number of rotatable bonds is 37. The monoisotopic (exact) mass is 643 g/mol. The van der Waals surface area contributed by atoms with Gasteiger partial charge >= 0.3 is 5.97 Å². The zero-order chi connectivity index (χ0) is 33.4. The third kappa shape index (κ3) is 38.9. The summed E-state index contributed by atoms with van der Waals surface area (Å²) in [5.41, 5.74) is 0. The van der Waals surface area contributed by atoms with Crippen molar-refractivity contribution in [1.82, 2.24) is 0 Å². The van der Waals surface area contributed by atoms with Crippen molar-refractivity contribution in [3.63, 3.8) is 0 Å². The van der Waals surface area contributed by atoms with Gasteiger partial charge in [0.15, 0.2) is 0 Å². The van der Waals surface area contributed by atoms with Crippen LogP contribution in [0.15, 0.2) is 36.5 Å². The molecule has 0 aliphatic rings. The summed E-state index contributed by atoms with van der Waals surface area (Å²) in [5.74, 6) is 0.942. The number of hydrogen-bond acceptors (Lipinski definition) is 2. The molecule has 0 aliphatic carbocycles. The molecule has 0 heterocycles. The number of hydrogen-bond donors (Lipinski definition) is 0. The standard InChI is InChI=1S/C44H82O2/c1-4-6-7-8-9-10-11-12-19-23-26-29-32-35-38-41-44(45)46-42-39-36-33-30-27-24-21-18-16-14-13-15-17-20-22-25-28-31-34-37-40-43(3)5-2/h6-7,9-10,12,19,43H,4-5,8,11,13-18,20-42H2,1-3H3/b7-6-,10-9-,19-12-. The van der Waals surface area contributed by atoms with Crippen LogP contribution in [0.4, 0.5) is 0 Å². The lowest BCUT2D eigenvalue weighted by Crippen LogP contribution is -2.05. The minimum Gasteiger partial charge on any atom is -0.466 e. The van der Waals surface area contributed by atoms with Gasteiger partial charge in [0.25, 0.3) is 0 Å². The van der Waals surface area contributed by atoms with Crippen LogP contribution in [0, 0.1) is 5.92 Å². The molecule has 0 bridgehead atoms. The minimum absolute atomic E-state index is 0.00901. The average Bonchev–Trinajstić information content (AvgIpc) is 3.06. The van der Waals surface area contributed by atoms with Gasteiger partial charge in [-0.1, -0.05) is 211 Å². The maximum Gasteiger partial charge on any atom is 0.305 e. The molecule has 0 aromatic heterocycles. The predicted octanol–water partition coefficient (Wildman–Crippen LogP) is 15.4. The summed E-state index contributed by atoms with van der Waals surface area (Å²) in [6.07, 6.45) is 55.1. The van der Waals surface area contributed by atoms with Gasteiger partial charge in [-0.05, 0) is 50.9 Å². The number of esters is 1. The smallest absolute Gasteiger partial charge is 0.305 e. The fourth-order valence-electron chi connectivity index (χ4n) is 6.13. The van der Waals surface area contributed by atoms with E-state index in [1.165, 1.54) is 161 Å². The lowest BCUT2D eigenvalue weighted by atomic mass is 9.99. The fraction of sp³-hybridized carbons (Fsp3) is 0.841. The van der Waals surface area contributed by atoms with E-state index < -0.39 is 0 Å². The van der Waals surface area contributed by atoms with Crippen molar-refractivity contribution < 1.29 is 9.53 Å². The molecule has 0 rings (SSSR count). The van der Waals surface area contributed by atoms with Crippen molar-refractivity contribution in [2.45, 2.75) is 226 Å². The van der Waals surface area contributed by atoms with E-state index in [1.54, 1.807) is 0 Å². The van der Waals surface area contributed by atoms with Crippen LogP contribution in [0.5, 0.6) is 0 Å². The van der Waals surface area contributed by atoms with Gasteiger partial charge in [0, 0.05) is 6.42 Å². The van der Waals surface area contributed by atoms with Crippen LogP contribution in [-0.4, -0.2) is 12.6 Å². The molecule has 0 N–H and O–H groups in total. The Labute approximate surface area is 290 Å². The first-order valence-electron chi connectivity index (χ1n) is 20.8. The molecule has 2 nitrogen and oxygen atoms in total. The second-order valence-corrected chi connectivity index (χ2v) is 14.2. The number of carbonyl (C=O) groups is 1. The van der Waals surface area contributed by atoms with E-state index in [0.29, 0.717) is 13.0 Å². The van der Waals surface area contributed by atoms with Crippen molar-refractivity contribution in [3.05, 3.63) is 36.5 Å². The van der Waals surface area contributed by atoms with Gasteiger partial charge < -0.3 is 4.74 Å². The second-order valence-electron chi connectivity index (χ2n) is 14.2. The van der Waals surface area contributed by atoms with Crippen molar-refractivity contribution >= 4 is 5.97 Å². The molecule has 0 aromatic rings. The summed E-state index contributed by atoms with van der Waals surface area (Å²) in [6.45, 7) is 7.50. The predicted molar refractivity (Wildman–Crippen MR) is 207 cm³/mol. The van der Waals surface area contributed by atoms with Gasteiger partial charge in [0.2, 0.25) is 0 Å². The Balaban J connectivity index is 3.21. The highest BCUT2D eigenvalue weighted by Crippen LogP contribution is 2.17. The Morgan fingerprint density at radius 2 is 0.870 bits per heavy atom. The van der Waals surface area contributed by atoms with Crippen LogP contribution >= 0.6 is 0 Å². The molecule has 0 fully saturated rings. The molecular weight excluding hydrogens is 560 g/mol. The largest absolute Gasteiger partial charge is 0.466 e. The molecule has 0 saturated carbocycles. The van der Waals surface area contributed by atoms with Gasteiger partial charge in [-0.2, -0.15) is 0 Å². The Morgan fingerprint density at radius 1 is 0.478 bits per heavy atom. The van der Waals surface area contributed by atoms with Crippen molar-refractivity contribution in [2.75, 3.05) is 6.61 Å². The van der Waals surface area contributed by atoms with Crippen molar-refractivity contribution in [2.24, 2.45) is 5.92 Å². The van der Waals surface area contributed by atoms with Crippen LogP contribution in [0.1, 0.15) is 226 Å². The Bertz CT molecular complexity index is 675. The molecular formula is C44H82O2. The van der Waals surface area contributed by atoms with E-state index in [4.69, 9.17) is 4.74 Å². The van der Waals surface area contributed by atoms with Crippen LogP contribution in [-0.2, 0) is 9.53 Å². The second kappa shape index (κ2) is 39.9. The van der Waals surface area contributed by atoms with E-state index in [2.05, 4.69) is 57.2 Å². The van der Waals surface area contributed by atoms with E-state index in [0.717, 1.165) is 44.4 Å². The summed E-state index contributed by atoms with van der Waals surface area (Å²) >= 11 is 0. The maximum atomic E-state index is 12.0. The summed E-state index contributed by atoms with van der Waals surface area (Å²) in [5, 5.41) is 0. The van der Waals surface area contributed by atoms with E-state index in [1.807, 2.05) is 0 Å². The molecule has 0 aromatic carbocycles. The topological polar surface area (TPSA) is 26.3 Å². The highest BCUT2D eigenvalue weighted by Gasteiger charge is 2.03. The van der Waals surface area contributed by atoms with E-state index in [9.17, 15) is 4.79 Å². The van der Waals surface area contributed by atoms with Crippen LogP contribution < -0.4 is 0 Å². The molecule has 0 aliphatic heterocycles. The van der Waals surface area contributed by atoms with Crippen molar-refractivity contribution in [3.8, 4) is 0 Å². The molecule has 0 radical (unpaired) electrons. The minimum atomic E-state index is 0.00901. The average molecular weight is 643 g/mol. The van der Waals surface area contributed by atoms with Crippen LogP contribution in [0.25, 0.3) is 0 Å². The zero-order valence-electron chi connectivity index (χ0n) is 31.7. The number of allylic oxidation sites excluding steroid dienone is 6. The van der Waals surface area contributed by atoms with Gasteiger partial charge in [-0.3, -0.25) is 4.79 Å². The third-order valence-corrected chi connectivity index (χ3v) is 9.58. The van der Waals surface area contributed by atoms with Crippen LogP contribution in [0.2, 0.25) is 0 Å². The van der Waals surface area contributed by atoms with E-state index >= 15 is 0 Å². The third-order valence-electron chi connectivity index (χ3n) is 9.58. The molecule has 0 saturated heterocycles. The normalized spacial score (nSPS) is 12.7. The summed E-state index contributed by atoms with van der Waals surface area (Å²) in [6, 6.07) is 0. The van der Waals surface area contributed by atoms with Gasteiger partial charge in [0.1, 0.15) is 0 Å². The lowest BCUT2D eigenvalue weighted by molar-refractivity contribution is -0.143. The van der Waals surface area contributed by atoms with Gasteiger partial charge in [0.05, 0.1) is 6.61 Å². The molecule has 1 unspecified atom stereocenters. The van der Waals surface area contributed by atoms with Crippen LogP contribution in [0.3, 0.4) is 0 Å². The summed E-state index contributed by atoms with van der Waals surface area (Å²) in [4.78, 5) is 12.0.